The minimum absolute atomic E-state index is 0.0307. The van der Waals surface area contributed by atoms with E-state index in [0.29, 0.717) is 60.2 Å². The zero-order valence-electron chi connectivity index (χ0n) is 20.2. The number of anilines is 2. The maximum absolute atomic E-state index is 13.5. The quantitative estimate of drug-likeness (QED) is 0.360. The lowest BCUT2D eigenvalue weighted by Crippen LogP contribution is -2.42. The predicted octanol–water partition coefficient (Wildman–Crippen LogP) is 2.91. The standard InChI is InChI=1S/C25H28ClFN4O6/c1-35-22-12-21-18(25(29-14-28-21)30-15-2-3-20(27)19(26)8-15)11-23(22)37-13-17(33)9-16(32)10-24(34)31-4-6-36-7-5-31/h2-3,8,11-12,14,16-17,32-33H,4-7,9-10,13H2,1H3,(H,28,29,30)/t16-,17+/m1/s1. The van der Waals surface area contributed by atoms with Crippen LogP contribution in [0.1, 0.15) is 12.8 Å². The van der Waals surface area contributed by atoms with Crippen LogP contribution in [0.3, 0.4) is 0 Å². The van der Waals surface area contributed by atoms with Crippen molar-refractivity contribution in [3.8, 4) is 11.5 Å². The summed E-state index contributed by atoms with van der Waals surface area (Å²) in [6.07, 6.45) is -0.791. The van der Waals surface area contributed by atoms with Crippen LogP contribution in [-0.4, -0.2) is 83.2 Å². The van der Waals surface area contributed by atoms with E-state index < -0.39 is 18.0 Å². The second-order valence-electron chi connectivity index (χ2n) is 8.55. The molecule has 1 aliphatic rings. The number of nitrogens with one attached hydrogen (secondary N) is 1. The van der Waals surface area contributed by atoms with Crippen molar-refractivity contribution in [2.75, 3.05) is 45.3 Å². The van der Waals surface area contributed by atoms with Gasteiger partial charge in [0.15, 0.2) is 11.5 Å². The number of benzene rings is 2. The second-order valence-corrected chi connectivity index (χ2v) is 8.96. The molecule has 1 amide bonds. The van der Waals surface area contributed by atoms with Gasteiger partial charge in [0.25, 0.3) is 0 Å². The molecule has 0 spiro atoms. The Morgan fingerprint density at radius 3 is 2.70 bits per heavy atom. The van der Waals surface area contributed by atoms with Crippen molar-refractivity contribution in [3.05, 3.63) is 47.5 Å². The summed E-state index contributed by atoms with van der Waals surface area (Å²) < 4.78 is 30.0. The highest BCUT2D eigenvalue weighted by Gasteiger charge is 2.22. The van der Waals surface area contributed by atoms with E-state index in [4.69, 9.17) is 25.8 Å². The molecule has 0 radical (unpaired) electrons. The van der Waals surface area contributed by atoms with Gasteiger partial charge in [-0.25, -0.2) is 14.4 Å². The molecule has 4 rings (SSSR count). The molecule has 2 atom stereocenters. The maximum Gasteiger partial charge on any atom is 0.225 e. The third kappa shape index (κ3) is 6.95. The van der Waals surface area contributed by atoms with Crippen molar-refractivity contribution in [3.63, 3.8) is 0 Å². The molecule has 37 heavy (non-hydrogen) atoms. The first-order valence-corrected chi connectivity index (χ1v) is 12.1. The highest BCUT2D eigenvalue weighted by Crippen LogP contribution is 2.35. The van der Waals surface area contributed by atoms with E-state index in [9.17, 15) is 19.4 Å². The van der Waals surface area contributed by atoms with Gasteiger partial charge in [0.2, 0.25) is 5.91 Å². The van der Waals surface area contributed by atoms with Gasteiger partial charge >= 0.3 is 0 Å². The van der Waals surface area contributed by atoms with E-state index in [1.165, 1.54) is 31.6 Å². The number of nitrogens with zero attached hydrogens (tertiary/aromatic N) is 3. The maximum atomic E-state index is 13.5. The Balaban J connectivity index is 1.42. The van der Waals surface area contributed by atoms with Crippen LogP contribution < -0.4 is 14.8 Å². The van der Waals surface area contributed by atoms with Crippen LogP contribution in [-0.2, 0) is 9.53 Å². The molecule has 2 aromatic carbocycles. The number of rotatable bonds is 10. The largest absolute Gasteiger partial charge is 0.493 e. The molecule has 0 bridgehead atoms. The number of fused-ring (bicyclic) bond motifs is 1. The second kappa shape index (κ2) is 12.3. The first-order valence-electron chi connectivity index (χ1n) is 11.7. The van der Waals surface area contributed by atoms with E-state index >= 15 is 0 Å². The van der Waals surface area contributed by atoms with Crippen molar-refractivity contribution >= 4 is 39.9 Å². The van der Waals surface area contributed by atoms with E-state index in [0.717, 1.165) is 0 Å². The number of hydrogen-bond donors (Lipinski definition) is 3. The van der Waals surface area contributed by atoms with Crippen LogP contribution in [0.25, 0.3) is 10.9 Å². The van der Waals surface area contributed by atoms with Crippen LogP contribution in [0.5, 0.6) is 11.5 Å². The van der Waals surface area contributed by atoms with Crippen molar-refractivity contribution in [1.82, 2.24) is 14.9 Å². The fourth-order valence-corrected chi connectivity index (χ4v) is 4.12. The number of methoxy groups -OCH3 is 1. The van der Waals surface area contributed by atoms with E-state index in [2.05, 4.69) is 15.3 Å². The molecule has 1 fully saturated rings. The Labute approximate surface area is 217 Å². The minimum Gasteiger partial charge on any atom is -0.493 e. The molecule has 1 saturated heterocycles. The van der Waals surface area contributed by atoms with E-state index in [-0.39, 0.29) is 30.4 Å². The predicted molar refractivity (Wildman–Crippen MR) is 135 cm³/mol. The molecular formula is C25H28ClFN4O6. The Kier molecular flexibility index (Phi) is 8.93. The van der Waals surface area contributed by atoms with Crippen molar-refractivity contribution in [2.24, 2.45) is 0 Å². The van der Waals surface area contributed by atoms with E-state index in [1.807, 2.05) is 0 Å². The van der Waals surface area contributed by atoms with Crippen LogP contribution in [0.4, 0.5) is 15.9 Å². The smallest absolute Gasteiger partial charge is 0.225 e. The Morgan fingerprint density at radius 2 is 1.97 bits per heavy atom. The number of carbonyl (C=O) groups is 1. The Hall–Kier alpha value is -3.25. The van der Waals surface area contributed by atoms with Crippen molar-refractivity contribution < 1.29 is 33.6 Å². The molecule has 3 N–H and O–H groups in total. The molecule has 1 aromatic heterocycles. The summed E-state index contributed by atoms with van der Waals surface area (Å²) in [5.74, 6) is 0.426. The first kappa shape index (κ1) is 26.8. The number of aromatic nitrogens is 2. The fourth-order valence-electron chi connectivity index (χ4n) is 3.94. The molecule has 10 nitrogen and oxygen atoms in total. The zero-order chi connectivity index (χ0) is 26.4. The topological polar surface area (TPSA) is 126 Å². The SMILES string of the molecule is COc1cc2ncnc(Nc3ccc(F)c(Cl)c3)c2cc1OC[C@@H](O)C[C@@H](O)CC(=O)N1CCOCC1. The third-order valence-corrected chi connectivity index (χ3v) is 6.14. The van der Waals surface area contributed by atoms with Crippen LogP contribution in [0, 0.1) is 5.82 Å². The number of aliphatic hydroxyl groups is 2. The molecule has 1 aliphatic heterocycles. The van der Waals surface area contributed by atoms with Gasteiger partial charge in [-0.3, -0.25) is 4.79 Å². The number of amides is 1. The van der Waals surface area contributed by atoms with Crippen molar-refractivity contribution in [2.45, 2.75) is 25.0 Å². The third-order valence-electron chi connectivity index (χ3n) is 5.85. The molecule has 2 heterocycles. The number of carbonyl (C=O) groups excluding carboxylic acids is 1. The summed E-state index contributed by atoms with van der Waals surface area (Å²) in [5.41, 5.74) is 1.09. The molecular weight excluding hydrogens is 507 g/mol. The van der Waals surface area contributed by atoms with Gasteiger partial charge < -0.3 is 34.6 Å². The fraction of sp³-hybridized carbons (Fsp3) is 0.400. The lowest BCUT2D eigenvalue weighted by molar-refractivity contribution is -0.137. The van der Waals surface area contributed by atoms with Gasteiger partial charge in [-0.15, -0.1) is 0 Å². The van der Waals surface area contributed by atoms with Crippen LogP contribution >= 0.6 is 11.6 Å². The van der Waals surface area contributed by atoms with Gasteiger partial charge in [-0.05, 0) is 24.3 Å². The van der Waals surface area contributed by atoms with Gasteiger partial charge in [0, 0.05) is 36.7 Å². The highest BCUT2D eigenvalue weighted by atomic mass is 35.5. The van der Waals surface area contributed by atoms with Crippen LogP contribution in [0.15, 0.2) is 36.7 Å². The van der Waals surface area contributed by atoms with Crippen LogP contribution in [0.2, 0.25) is 5.02 Å². The Morgan fingerprint density at radius 1 is 1.19 bits per heavy atom. The molecule has 12 heteroatoms. The average molecular weight is 535 g/mol. The van der Waals surface area contributed by atoms with Gasteiger partial charge in [0.05, 0.1) is 49.5 Å². The number of hydrogen-bond acceptors (Lipinski definition) is 9. The molecule has 0 unspecified atom stereocenters. The summed E-state index contributed by atoms with van der Waals surface area (Å²) in [7, 11) is 1.48. The summed E-state index contributed by atoms with van der Waals surface area (Å²) in [6.45, 7) is 1.80. The lowest BCUT2D eigenvalue weighted by atomic mass is 10.1. The minimum atomic E-state index is -1.03. The zero-order valence-corrected chi connectivity index (χ0v) is 20.9. The average Bonchev–Trinajstić information content (AvgIpc) is 2.89. The normalized spacial score (nSPS) is 15.3. The lowest BCUT2D eigenvalue weighted by Gasteiger charge is -2.28. The first-order chi connectivity index (χ1) is 17.8. The highest BCUT2D eigenvalue weighted by molar-refractivity contribution is 6.31. The van der Waals surface area contributed by atoms with Gasteiger partial charge in [-0.2, -0.15) is 0 Å². The number of aliphatic hydroxyl groups excluding tert-OH is 2. The number of morpholine rings is 1. The molecule has 0 saturated carbocycles. The van der Waals surface area contributed by atoms with Gasteiger partial charge in [-0.1, -0.05) is 11.6 Å². The van der Waals surface area contributed by atoms with Gasteiger partial charge in [0.1, 0.15) is 24.6 Å². The summed E-state index contributed by atoms with van der Waals surface area (Å²) in [4.78, 5) is 22.5. The number of halogens is 2. The monoisotopic (exact) mass is 534 g/mol. The summed E-state index contributed by atoms with van der Waals surface area (Å²) >= 11 is 5.89. The van der Waals surface area contributed by atoms with Crippen molar-refractivity contribution in [1.29, 1.82) is 0 Å². The summed E-state index contributed by atoms with van der Waals surface area (Å²) in [6, 6.07) is 7.54. The number of ether oxygens (including phenoxy) is 3. The van der Waals surface area contributed by atoms with E-state index in [1.54, 1.807) is 17.0 Å². The molecule has 198 valence electrons. The Bertz CT molecular complexity index is 1240. The molecule has 3 aromatic rings. The molecule has 0 aliphatic carbocycles. The summed E-state index contributed by atoms with van der Waals surface area (Å²) in [5, 5.41) is 24.4.